The maximum atomic E-state index is 10.6. The van der Waals surface area contributed by atoms with Gasteiger partial charge in [-0.15, -0.1) is 0 Å². The van der Waals surface area contributed by atoms with E-state index in [9.17, 15) is 10.1 Å². The maximum Gasteiger partial charge on any atom is 0.269 e. The lowest BCUT2D eigenvalue weighted by atomic mass is 9.84. The van der Waals surface area contributed by atoms with Crippen molar-refractivity contribution >= 4 is 5.69 Å². The number of hydrogen-bond acceptors (Lipinski definition) is 3. The van der Waals surface area contributed by atoms with Crippen molar-refractivity contribution in [2.24, 2.45) is 11.1 Å². The van der Waals surface area contributed by atoms with Crippen LogP contribution in [0.3, 0.4) is 0 Å². The molecular weight excluding hydrogens is 204 g/mol. The molecule has 1 rings (SSSR count). The van der Waals surface area contributed by atoms with Gasteiger partial charge >= 0.3 is 0 Å². The number of nitrogens with two attached hydrogens (primary N) is 1. The summed E-state index contributed by atoms with van der Waals surface area (Å²) in [5.74, 6) is 0. The predicted molar refractivity (Wildman–Crippen MR) is 64.2 cm³/mol. The van der Waals surface area contributed by atoms with Crippen molar-refractivity contribution in [3.05, 3.63) is 39.9 Å². The number of nitro groups is 1. The Morgan fingerprint density at radius 2 is 2.06 bits per heavy atom. The molecule has 1 aromatic carbocycles. The minimum absolute atomic E-state index is 0.00458. The third-order valence-electron chi connectivity index (χ3n) is 2.69. The molecule has 0 saturated heterocycles. The molecule has 0 aliphatic rings. The molecule has 1 atom stereocenters. The van der Waals surface area contributed by atoms with Crippen molar-refractivity contribution < 1.29 is 4.92 Å². The highest BCUT2D eigenvalue weighted by Gasteiger charge is 2.21. The normalized spacial score (nSPS) is 13.5. The summed E-state index contributed by atoms with van der Waals surface area (Å²) >= 11 is 0. The number of rotatable bonds is 3. The topological polar surface area (TPSA) is 69.2 Å². The fourth-order valence-electron chi connectivity index (χ4n) is 1.36. The Kier molecular flexibility index (Phi) is 3.65. The summed E-state index contributed by atoms with van der Waals surface area (Å²) in [6.07, 6.45) is 0.658. The van der Waals surface area contributed by atoms with Crippen LogP contribution in [0.4, 0.5) is 5.69 Å². The highest BCUT2D eigenvalue weighted by Crippen LogP contribution is 2.22. The number of nitro benzene ring substituents is 1. The van der Waals surface area contributed by atoms with E-state index in [1.165, 1.54) is 6.07 Å². The quantitative estimate of drug-likeness (QED) is 0.631. The number of non-ortho nitro benzene ring substituents is 1. The van der Waals surface area contributed by atoms with Gasteiger partial charge in [0, 0.05) is 18.2 Å². The largest absolute Gasteiger partial charge is 0.327 e. The molecule has 16 heavy (non-hydrogen) atoms. The fourth-order valence-corrected chi connectivity index (χ4v) is 1.36. The van der Waals surface area contributed by atoms with Crippen molar-refractivity contribution in [3.8, 4) is 0 Å². The minimum Gasteiger partial charge on any atom is -0.327 e. The Bertz CT molecular complexity index is 383. The van der Waals surface area contributed by atoms with Crippen molar-refractivity contribution in [2.45, 2.75) is 33.2 Å². The average molecular weight is 222 g/mol. The third-order valence-corrected chi connectivity index (χ3v) is 2.69. The Labute approximate surface area is 95.6 Å². The van der Waals surface area contributed by atoms with Gasteiger partial charge in [0.25, 0.3) is 5.69 Å². The van der Waals surface area contributed by atoms with Crippen LogP contribution in [-0.4, -0.2) is 11.0 Å². The summed E-state index contributed by atoms with van der Waals surface area (Å²) in [5, 5.41) is 10.6. The zero-order valence-corrected chi connectivity index (χ0v) is 9.93. The van der Waals surface area contributed by atoms with E-state index in [1.54, 1.807) is 12.1 Å². The molecule has 2 N–H and O–H groups in total. The predicted octanol–water partition coefficient (Wildman–Crippen LogP) is 2.51. The molecule has 0 heterocycles. The smallest absolute Gasteiger partial charge is 0.269 e. The second-order valence-corrected chi connectivity index (χ2v) is 5.10. The van der Waals surface area contributed by atoms with Gasteiger partial charge in [0.1, 0.15) is 0 Å². The van der Waals surface area contributed by atoms with E-state index >= 15 is 0 Å². The Morgan fingerprint density at radius 3 is 2.56 bits per heavy atom. The minimum atomic E-state index is -0.383. The molecule has 0 aliphatic carbocycles. The molecular formula is C12H18N2O2. The Balaban J connectivity index is 2.82. The Morgan fingerprint density at radius 1 is 1.44 bits per heavy atom. The standard InChI is InChI=1S/C12H18N2O2/c1-12(2,3)11(13)8-9-5-4-6-10(7-9)14(15)16/h4-7,11H,8,13H2,1-3H3. The zero-order chi connectivity index (χ0) is 12.3. The first-order valence-electron chi connectivity index (χ1n) is 5.29. The maximum absolute atomic E-state index is 10.6. The highest BCUT2D eigenvalue weighted by molar-refractivity contribution is 5.34. The lowest BCUT2D eigenvalue weighted by Crippen LogP contribution is -2.36. The van der Waals surface area contributed by atoms with Crippen LogP contribution in [0, 0.1) is 15.5 Å². The fraction of sp³-hybridized carbons (Fsp3) is 0.500. The number of nitrogens with zero attached hydrogens (tertiary/aromatic N) is 1. The molecule has 0 bridgehead atoms. The van der Waals surface area contributed by atoms with Crippen molar-refractivity contribution in [1.29, 1.82) is 0 Å². The van der Waals surface area contributed by atoms with E-state index in [0.29, 0.717) is 6.42 Å². The lowest BCUT2D eigenvalue weighted by molar-refractivity contribution is -0.384. The summed E-state index contributed by atoms with van der Waals surface area (Å²) in [5.41, 5.74) is 7.08. The van der Waals surface area contributed by atoms with Gasteiger partial charge < -0.3 is 5.73 Å². The second-order valence-electron chi connectivity index (χ2n) is 5.10. The van der Waals surface area contributed by atoms with Gasteiger partial charge in [0.05, 0.1) is 4.92 Å². The molecule has 1 unspecified atom stereocenters. The van der Waals surface area contributed by atoms with Crippen LogP contribution < -0.4 is 5.73 Å². The van der Waals surface area contributed by atoms with Gasteiger partial charge in [-0.3, -0.25) is 10.1 Å². The monoisotopic (exact) mass is 222 g/mol. The van der Waals surface area contributed by atoms with E-state index in [-0.39, 0.29) is 22.1 Å². The first-order chi connectivity index (χ1) is 7.30. The SMILES string of the molecule is CC(C)(C)C(N)Cc1cccc([N+](=O)[O-])c1. The van der Waals surface area contributed by atoms with Crippen LogP contribution in [-0.2, 0) is 6.42 Å². The summed E-state index contributed by atoms with van der Waals surface area (Å²) < 4.78 is 0. The van der Waals surface area contributed by atoms with E-state index in [2.05, 4.69) is 20.8 Å². The molecule has 0 saturated carbocycles. The van der Waals surface area contributed by atoms with Gasteiger partial charge in [-0.2, -0.15) is 0 Å². The first kappa shape index (κ1) is 12.6. The molecule has 0 aliphatic heterocycles. The lowest BCUT2D eigenvalue weighted by Gasteiger charge is -2.27. The highest BCUT2D eigenvalue weighted by atomic mass is 16.6. The zero-order valence-electron chi connectivity index (χ0n) is 9.93. The summed E-state index contributed by atoms with van der Waals surface area (Å²) in [4.78, 5) is 10.2. The van der Waals surface area contributed by atoms with Gasteiger partial charge in [-0.25, -0.2) is 0 Å². The van der Waals surface area contributed by atoms with E-state index in [0.717, 1.165) is 5.56 Å². The van der Waals surface area contributed by atoms with E-state index in [4.69, 9.17) is 5.73 Å². The van der Waals surface area contributed by atoms with E-state index < -0.39 is 0 Å². The van der Waals surface area contributed by atoms with Gasteiger partial charge in [-0.1, -0.05) is 32.9 Å². The van der Waals surface area contributed by atoms with Crippen LogP contribution in [0.25, 0.3) is 0 Å². The van der Waals surface area contributed by atoms with Crippen molar-refractivity contribution in [1.82, 2.24) is 0 Å². The van der Waals surface area contributed by atoms with Crippen molar-refractivity contribution in [3.63, 3.8) is 0 Å². The molecule has 0 aromatic heterocycles. The molecule has 0 spiro atoms. The van der Waals surface area contributed by atoms with Crippen LogP contribution in [0.15, 0.2) is 24.3 Å². The molecule has 0 amide bonds. The van der Waals surface area contributed by atoms with Crippen LogP contribution in [0.2, 0.25) is 0 Å². The molecule has 4 nitrogen and oxygen atoms in total. The van der Waals surface area contributed by atoms with Gasteiger partial charge in [-0.05, 0) is 17.4 Å². The molecule has 4 heteroatoms. The number of benzene rings is 1. The summed E-state index contributed by atoms with van der Waals surface area (Å²) in [6.45, 7) is 6.19. The Hall–Kier alpha value is -1.42. The van der Waals surface area contributed by atoms with Gasteiger partial charge in [0.2, 0.25) is 0 Å². The second kappa shape index (κ2) is 4.61. The summed E-state index contributed by atoms with van der Waals surface area (Å²) in [7, 11) is 0. The van der Waals surface area contributed by atoms with E-state index in [1.807, 2.05) is 6.07 Å². The third kappa shape index (κ3) is 3.31. The number of hydrogen-bond donors (Lipinski definition) is 1. The first-order valence-corrected chi connectivity index (χ1v) is 5.29. The summed E-state index contributed by atoms with van der Waals surface area (Å²) in [6, 6.07) is 6.65. The molecule has 0 fully saturated rings. The molecule has 1 aromatic rings. The molecule has 88 valence electrons. The van der Waals surface area contributed by atoms with Crippen molar-refractivity contribution in [2.75, 3.05) is 0 Å². The average Bonchev–Trinajstić information content (AvgIpc) is 2.16. The van der Waals surface area contributed by atoms with Gasteiger partial charge in [0.15, 0.2) is 0 Å². The molecule has 0 radical (unpaired) electrons. The van der Waals surface area contributed by atoms with Crippen LogP contribution in [0.5, 0.6) is 0 Å². The van der Waals surface area contributed by atoms with Crippen LogP contribution in [0.1, 0.15) is 26.3 Å². The van der Waals surface area contributed by atoms with Crippen LogP contribution >= 0.6 is 0 Å².